The van der Waals surface area contributed by atoms with Gasteiger partial charge in [0, 0.05) is 18.5 Å². The average Bonchev–Trinajstić information content (AvgIpc) is 3.07. The highest BCUT2D eigenvalue weighted by molar-refractivity contribution is 7.18. The molecule has 1 aliphatic carbocycles. The number of nitrogens with zero attached hydrogens (tertiary/aromatic N) is 2. The number of thiophene rings is 1. The Bertz CT molecular complexity index is 755. The molecule has 3 rings (SSSR count). The molecule has 6 nitrogen and oxygen atoms in total. The van der Waals surface area contributed by atoms with Gasteiger partial charge >= 0.3 is 0 Å². The van der Waals surface area contributed by atoms with Crippen LogP contribution in [0, 0.1) is 0 Å². The Morgan fingerprint density at radius 3 is 3.04 bits per heavy atom. The molecule has 0 spiro atoms. The summed E-state index contributed by atoms with van der Waals surface area (Å²) in [7, 11) is 1.58. The Balaban J connectivity index is 1.81. The maximum atomic E-state index is 12.5. The van der Waals surface area contributed by atoms with Crippen molar-refractivity contribution < 1.29 is 9.84 Å². The SMILES string of the molecule is CCCN(Cc1nc2sc3c(c2c(=O)[nH]1)CCC3)C[C@@H](O)COC. The third kappa shape index (κ3) is 3.69. The number of hydrogen-bond donors (Lipinski definition) is 2. The smallest absolute Gasteiger partial charge is 0.259 e. The zero-order chi connectivity index (χ0) is 17.1. The number of rotatable bonds is 8. The summed E-state index contributed by atoms with van der Waals surface area (Å²) in [5.74, 6) is 0.672. The van der Waals surface area contributed by atoms with Crippen LogP contribution < -0.4 is 5.56 Å². The fraction of sp³-hybridized carbons (Fsp3) is 0.647. The Morgan fingerprint density at radius 1 is 1.46 bits per heavy atom. The standard InChI is InChI=1S/C17H25N3O3S/c1-3-7-20(8-11(21)10-23-2)9-14-18-16(22)15-12-5-4-6-13(12)24-17(15)19-14/h11,21H,3-10H2,1-2H3,(H,18,19,22)/t11-/m1/s1. The number of nitrogens with one attached hydrogen (secondary N) is 1. The van der Waals surface area contributed by atoms with Crippen LogP contribution in [0.25, 0.3) is 10.2 Å². The molecular weight excluding hydrogens is 326 g/mol. The minimum absolute atomic E-state index is 0.0247. The van der Waals surface area contributed by atoms with Gasteiger partial charge in [0.05, 0.1) is 24.6 Å². The van der Waals surface area contributed by atoms with Gasteiger partial charge in [-0.2, -0.15) is 0 Å². The molecular formula is C17H25N3O3S. The van der Waals surface area contributed by atoms with Gasteiger partial charge in [-0.25, -0.2) is 4.98 Å². The van der Waals surface area contributed by atoms with E-state index in [9.17, 15) is 9.90 Å². The number of hydrogen-bond acceptors (Lipinski definition) is 6. The third-order valence-electron chi connectivity index (χ3n) is 4.37. The van der Waals surface area contributed by atoms with E-state index in [-0.39, 0.29) is 5.56 Å². The largest absolute Gasteiger partial charge is 0.389 e. The third-order valence-corrected chi connectivity index (χ3v) is 5.55. The number of H-pyrrole nitrogens is 1. The molecule has 0 fully saturated rings. The minimum atomic E-state index is -0.539. The van der Waals surface area contributed by atoms with Crippen molar-refractivity contribution in [2.75, 3.05) is 26.8 Å². The highest BCUT2D eigenvalue weighted by atomic mass is 32.1. The molecule has 2 heterocycles. The highest BCUT2D eigenvalue weighted by Crippen LogP contribution is 2.34. The van der Waals surface area contributed by atoms with Crippen molar-refractivity contribution in [1.29, 1.82) is 0 Å². The molecule has 0 bridgehead atoms. The topological polar surface area (TPSA) is 78.5 Å². The fourth-order valence-electron chi connectivity index (χ4n) is 3.43. The lowest BCUT2D eigenvalue weighted by Crippen LogP contribution is -2.35. The summed E-state index contributed by atoms with van der Waals surface area (Å²) in [4.78, 5) is 24.4. The van der Waals surface area contributed by atoms with Crippen LogP contribution in [0.1, 0.15) is 36.0 Å². The van der Waals surface area contributed by atoms with E-state index in [0.29, 0.717) is 25.5 Å². The lowest BCUT2D eigenvalue weighted by molar-refractivity contribution is 0.0353. The van der Waals surface area contributed by atoms with E-state index in [1.54, 1.807) is 18.4 Å². The molecule has 0 aromatic carbocycles. The second kappa shape index (κ2) is 7.74. The van der Waals surface area contributed by atoms with Crippen LogP contribution in [-0.4, -0.2) is 52.9 Å². The molecule has 1 atom stereocenters. The number of aromatic amines is 1. The molecule has 0 unspecified atom stereocenters. The summed E-state index contributed by atoms with van der Waals surface area (Å²) >= 11 is 1.66. The van der Waals surface area contributed by atoms with E-state index in [1.165, 1.54) is 10.4 Å². The molecule has 2 aromatic rings. The lowest BCUT2D eigenvalue weighted by Gasteiger charge is -2.23. The van der Waals surface area contributed by atoms with Crippen molar-refractivity contribution in [3.63, 3.8) is 0 Å². The van der Waals surface area contributed by atoms with Gasteiger partial charge in [0.2, 0.25) is 0 Å². The van der Waals surface area contributed by atoms with E-state index >= 15 is 0 Å². The number of aryl methyl sites for hydroxylation is 2. The van der Waals surface area contributed by atoms with Crippen molar-refractivity contribution in [3.8, 4) is 0 Å². The van der Waals surface area contributed by atoms with Crippen LogP contribution >= 0.6 is 11.3 Å². The van der Waals surface area contributed by atoms with Crippen LogP contribution in [0.4, 0.5) is 0 Å². The molecule has 0 aliphatic heterocycles. The molecule has 0 saturated carbocycles. The molecule has 0 radical (unpaired) electrons. The van der Waals surface area contributed by atoms with Crippen LogP contribution in [0.3, 0.4) is 0 Å². The van der Waals surface area contributed by atoms with Crippen LogP contribution in [0.5, 0.6) is 0 Å². The number of aromatic nitrogens is 2. The van der Waals surface area contributed by atoms with Crippen LogP contribution in [0.15, 0.2) is 4.79 Å². The fourth-order valence-corrected chi connectivity index (χ4v) is 4.71. The molecule has 7 heteroatoms. The Labute approximate surface area is 145 Å². The van der Waals surface area contributed by atoms with Gasteiger partial charge in [0.15, 0.2) is 0 Å². The summed E-state index contributed by atoms with van der Waals surface area (Å²) in [6.45, 7) is 4.27. The normalized spacial score (nSPS) is 15.3. The molecule has 132 valence electrons. The maximum Gasteiger partial charge on any atom is 0.259 e. The van der Waals surface area contributed by atoms with Crippen molar-refractivity contribution in [1.82, 2.24) is 14.9 Å². The zero-order valence-corrected chi connectivity index (χ0v) is 15.1. The first-order valence-corrected chi connectivity index (χ1v) is 9.36. The first-order valence-electron chi connectivity index (χ1n) is 8.55. The Kier molecular flexibility index (Phi) is 5.65. The van der Waals surface area contributed by atoms with Crippen LogP contribution in [0.2, 0.25) is 0 Å². The lowest BCUT2D eigenvalue weighted by atomic mass is 10.2. The molecule has 1 aliphatic rings. The van der Waals surface area contributed by atoms with Gasteiger partial charge in [-0.05, 0) is 37.8 Å². The van der Waals surface area contributed by atoms with Gasteiger partial charge in [-0.1, -0.05) is 6.92 Å². The van der Waals surface area contributed by atoms with Gasteiger partial charge in [0.1, 0.15) is 10.7 Å². The second-order valence-electron chi connectivity index (χ2n) is 6.39. The van der Waals surface area contributed by atoms with Crippen molar-refractivity contribution in [2.24, 2.45) is 0 Å². The maximum absolute atomic E-state index is 12.5. The van der Waals surface area contributed by atoms with Gasteiger partial charge in [0.25, 0.3) is 5.56 Å². The van der Waals surface area contributed by atoms with Crippen molar-refractivity contribution >= 4 is 21.6 Å². The van der Waals surface area contributed by atoms with Gasteiger partial charge in [-0.3, -0.25) is 9.69 Å². The van der Waals surface area contributed by atoms with Crippen molar-refractivity contribution in [3.05, 3.63) is 26.6 Å². The predicted molar refractivity (Wildman–Crippen MR) is 95.7 cm³/mol. The quantitative estimate of drug-likeness (QED) is 0.757. The summed E-state index contributed by atoms with van der Waals surface area (Å²) in [5, 5.41) is 10.8. The Morgan fingerprint density at radius 2 is 2.29 bits per heavy atom. The highest BCUT2D eigenvalue weighted by Gasteiger charge is 2.21. The first kappa shape index (κ1) is 17.5. The van der Waals surface area contributed by atoms with E-state index in [4.69, 9.17) is 4.74 Å². The van der Waals surface area contributed by atoms with E-state index in [2.05, 4.69) is 21.8 Å². The minimum Gasteiger partial charge on any atom is -0.389 e. The molecule has 2 aromatic heterocycles. The molecule has 0 saturated heterocycles. The predicted octanol–water partition coefficient (Wildman–Crippen LogP) is 1.69. The first-order chi connectivity index (χ1) is 11.6. The van der Waals surface area contributed by atoms with E-state index in [1.807, 2.05) is 0 Å². The number of methoxy groups -OCH3 is 1. The summed E-state index contributed by atoms with van der Waals surface area (Å²) < 4.78 is 5.00. The number of aliphatic hydroxyl groups excluding tert-OH is 1. The Hall–Kier alpha value is -1.28. The number of ether oxygens (including phenoxy) is 1. The van der Waals surface area contributed by atoms with E-state index < -0.39 is 6.10 Å². The summed E-state index contributed by atoms with van der Waals surface area (Å²) in [6, 6.07) is 0. The van der Waals surface area contributed by atoms with Crippen molar-refractivity contribution in [2.45, 2.75) is 45.3 Å². The number of fused-ring (bicyclic) bond motifs is 3. The number of aliphatic hydroxyl groups is 1. The monoisotopic (exact) mass is 351 g/mol. The molecule has 0 amide bonds. The summed E-state index contributed by atoms with van der Waals surface area (Å²) in [6.07, 6.45) is 3.63. The van der Waals surface area contributed by atoms with E-state index in [0.717, 1.165) is 42.4 Å². The average molecular weight is 351 g/mol. The molecule has 24 heavy (non-hydrogen) atoms. The van der Waals surface area contributed by atoms with Gasteiger partial charge in [-0.15, -0.1) is 11.3 Å². The summed E-state index contributed by atoms with van der Waals surface area (Å²) in [5.41, 5.74) is 1.18. The van der Waals surface area contributed by atoms with Gasteiger partial charge < -0.3 is 14.8 Å². The second-order valence-corrected chi connectivity index (χ2v) is 7.48. The molecule has 2 N–H and O–H groups in total. The zero-order valence-electron chi connectivity index (χ0n) is 14.3. The van der Waals surface area contributed by atoms with Crippen LogP contribution in [-0.2, 0) is 24.1 Å².